The minimum absolute atomic E-state index is 0.103. The van der Waals surface area contributed by atoms with Crippen LogP contribution in [0.3, 0.4) is 0 Å². The predicted octanol–water partition coefficient (Wildman–Crippen LogP) is 15.3. The van der Waals surface area contributed by atoms with E-state index in [1.807, 2.05) is 128 Å². The Morgan fingerprint density at radius 1 is 0.398 bits per heavy atom. The van der Waals surface area contributed by atoms with E-state index in [1.165, 1.54) is 58.0 Å². The first-order chi connectivity index (χ1) is 47.8. The molecule has 0 atom stereocenters. The highest BCUT2D eigenvalue weighted by atomic mass is 32.1. The number of nitrogens with one attached hydrogen (secondary N) is 4. The number of benzene rings is 4. The number of ether oxygens (including phenoxy) is 4. The molecule has 16 aromatic rings. The van der Waals surface area contributed by atoms with E-state index in [0.29, 0.717) is 105 Å². The van der Waals surface area contributed by atoms with Gasteiger partial charge < -0.3 is 75.9 Å². The number of anilines is 8. The molecule has 98 heavy (non-hydrogen) atoms. The second kappa shape index (κ2) is 28.7. The summed E-state index contributed by atoms with van der Waals surface area (Å²) in [7, 11) is 10.1. The summed E-state index contributed by atoms with van der Waals surface area (Å²) < 4.78 is 55.8. The molecule has 26 nitrogen and oxygen atoms in total. The van der Waals surface area contributed by atoms with Crippen LogP contribution in [0.5, 0.6) is 23.0 Å². The number of imidazole rings is 1. The maximum absolute atomic E-state index is 12.3. The van der Waals surface area contributed by atoms with Gasteiger partial charge in [0.2, 0.25) is 11.4 Å². The van der Waals surface area contributed by atoms with E-state index in [2.05, 4.69) is 51.2 Å². The summed E-state index contributed by atoms with van der Waals surface area (Å²) in [4.78, 5) is 74.8. The highest BCUT2D eigenvalue weighted by Crippen LogP contribution is 2.36. The van der Waals surface area contributed by atoms with Gasteiger partial charge in [-0.25, -0.2) is 49.1 Å². The lowest BCUT2D eigenvalue weighted by molar-refractivity contribution is 0.416. The number of hydrogen-bond acceptors (Lipinski definition) is 28. The second-order valence-corrected chi connectivity index (χ2v) is 24.1. The van der Waals surface area contributed by atoms with Crippen LogP contribution in [0.15, 0.2) is 226 Å². The van der Waals surface area contributed by atoms with Crippen molar-refractivity contribution in [2.24, 2.45) is 14.1 Å². The van der Waals surface area contributed by atoms with Gasteiger partial charge in [-0.1, -0.05) is 48.5 Å². The molecule has 0 unspecified atom stereocenters. The molecule has 12 heterocycles. The number of furan rings is 1. The molecule has 0 aliphatic carbocycles. The number of fused-ring (bicyclic) bond motifs is 4. The summed E-state index contributed by atoms with van der Waals surface area (Å²) in [5.74, 6) is 3.18. The summed E-state index contributed by atoms with van der Waals surface area (Å²) >= 11 is 5.57. The Morgan fingerprint density at radius 3 is 1.23 bits per heavy atom. The van der Waals surface area contributed by atoms with Gasteiger partial charge in [0.05, 0.1) is 114 Å². The maximum Gasteiger partial charge on any atom is 0.348 e. The van der Waals surface area contributed by atoms with Gasteiger partial charge in [-0.15, -0.1) is 45.3 Å². The van der Waals surface area contributed by atoms with Crippen LogP contribution < -0.4 is 62.7 Å². The van der Waals surface area contributed by atoms with Crippen LogP contribution in [0.1, 0.15) is 0 Å². The maximum atomic E-state index is 12.3. The van der Waals surface area contributed by atoms with E-state index in [4.69, 9.17) is 45.5 Å². The molecule has 0 spiro atoms. The molecule has 4 N–H and O–H groups in total. The number of aromatic nitrogens is 8. The Labute approximate surface area is 568 Å². The average molecular weight is 1390 g/mol. The zero-order chi connectivity index (χ0) is 67.8. The molecule has 4 aromatic carbocycles. The molecule has 0 saturated heterocycles. The van der Waals surface area contributed by atoms with Crippen LogP contribution in [-0.4, -0.2) is 67.5 Å². The average Bonchev–Trinajstić information content (AvgIpc) is 1.64. The molecular weight excluding hydrogens is 1340 g/mol. The number of rotatable bonds is 16. The molecule has 0 bridgehead atoms. The smallest absolute Gasteiger partial charge is 0.348 e. The third kappa shape index (κ3) is 14.0. The van der Waals surface area contributed by atoms with Crippen LogP contribution in [0.4, 0.5) is 43.3 Å². The van der Waals surface area contributed by atoms with Gasteiger partial charge in [0, 0.05) is 47.2 Å². The zero-order valence-electron chi connectivity index (χ0n) is 52.2. The number of methoxy groups -OCH3 is 4. The van der Waals surface area contributed by atoms with Crippen molar-refractivity contribution in [3.63, 3.8) is 0 Å². The summed E-state index contributed by atoms with van der Waals surface area (Å²) in [6.07, 6.45) is 6.17. The van der Waals surface area contributed by atoms with Crippen molar-refractivity contribution >= 4 is 133 Å². The quantitative estimate of drug-likeness (QED) is 0.0698. The third-order valence-electron chi connectivity index (χ3n) is 14.5. The van der Waals surface area contributed by atoms with Crippen LogP contribution in [0, 0.1) is 0 Å². The molecule has 0 aliphatic rings. The summed E-state index contributed by atoms with van der Waals surface area (Å²) in [6, 6.07) is 40.7. The van der Waals surface area contributed by atoms with Gasteiger partial charge in [-0.2, -0.15) is 0 Å². The number of nitrogens with zero attached hydrogens (tertiary/aromatic N) is 8. The highest BCUT2D eigenvalue weighted by Gasteiger charge is 2.19. The summed E-state index contributed by atoms with van der Waals surface area (Å²) in [5, 5.41) is 24.2. The summed E-state index contributed by atoms with van der Waals surface area (Å²) in [6.45, 7) is 0. The fourth-order valence-electron chi connectivity index (χ4n) is 9.72. The molecule has 0 radical (unpaired) electrons. The number of hydrogen-bond donors (Lipinski definition) is 4. The third-order valence-corrected chi connectivity index (χ3v) is 17.5. The zero-order valence-corrected chi connectivity index (χ0v) is 55.5. The van der Waals surface area contributed by atoms with Crippen molar-refractivity contribution < 1.29 is 45.5 Å². The molecular formula is C68H52N12O14S4. The Balaban J connectivity index is 0.000000118. The normalized spacial score (nSPS) is 10.9. The number of aryl methyl sites for hydroxylation is 2. The van der Waals surface area contributed by atoms with Gasteiger partial charge in [0.25, 0.3) is 5.78 Å². The van der Waals surface area contributed by atoms with Crippen molar-refractivity contribution in [2.45, 2.75) is 0 Å². The first kappa shape index (κ1) is 64.3. The molecule has 16 rings (SSSR count). The monoisotopic (exact) mass is 1390 g/mol. The van der Waals surface area contributed by atoms with E-state index in [1.54, 1.807) is 91.4 Å². The van der Waals surface area contributed by atoms with E-state index >= 15 is 0 Å². The minimum Gasteiger partial charge on any atom is -0.495 e. The Morgan fingerprint density at radius 2 is 0.786 bits per heavy atom. The lowest BCUT2D eigenvalue weighted by atomic mass is 10.2. The van der Waals surface area contributed by atoms with Gasteiger partial charge in [0.15, 0.2) is 26.9 Å². The first-order valence-electron chi connectivity index (χ1n) is 29.2. The van der Waals surface area contributed by atoms with Crippen LogP contribution >= 0.6 is 45.3 Å². The molecule has 0 saturated carbocycles. The second-order valence-electron chi connectivity index (χ2n) is 20.7. The topological polar surface area (TPSA) is 319 Å². The SMILES string of the molecule is COc1ccccc1Nc1nc(-c2cc3ccn(C)c3oc2=O)cs1.COc1ccccc1Nc1nc(-c2cc3ccoc3oc2=O)cs1.COc1ccccc1Nc1nc(-c2cc3ncn(C)c3oc2=O)cs1.COc1ccccc1Nc1nc(-c2cc3ncoc3oc2=O)cs1. The highest BCUT2D eigenvalue weighted by molar-refractivity contribution is 7.15. The van der Waals surface area contributed by atoms with Crippen molar-refractivity contribution in [1.29, 1.82) is 0 Å². The van der Waals surface area contributed by atoms with E-state index in [-0.39, 0.29) is 11.6 Å². The first-order valence-corrected chi connectivity index (χ1v) is 32.7. The Bertz CT molecular complexity index is 5400. The molecule has 30 heteroatoms. The Kier molecular flexibility index (Phi) is 18.8. The largest absolute Gasteiger partial charge is 0.495 e. The minimum atomic E-state index is -0.520. The van der Waals surface area contributed by atoms with E-state index in [9.17, 15) is 19.2 Å². The van der Waals surface area contributed by atoms with Crippen molar-refractivity contribution in [3.8, 4) is 68.0 Å². The lowest BCUT2D eigenvalue weighted by Gasteiger charge is -2.07. The van der Waals surface area contributed by atoms with Gasteiger partial charge >= 0.3 is 28.3 Å². The van der Waals surface area contributed by atoms with Crippen molar-refractivity contribution in [3.05, 3.63) is 222 Å². The van der Waals surface area contributed by atoms with E-state index in [0.717, 1.165) is 39.3 Å². The molecule has 12 aromatic heterocycles. The fraction of sp³-hybridized carbons (Fsp3) is 0.0882. The lowest BCUT2D eigenvalue weighted by Crippen LogP contribution is -2.04. The van der Waals surface area contributed by atoms with Crippen molar-refractivity contribution in [1.82, 2.24) is 39.0 Å². The van der Waals surface area contributed by atoms with Crippen LogP contribution in [0.25, 0.3) is 89.8 Å². The molecule has 0 aliphatic heterocycles. The van der Waals surface area contributed by atoms with Gasteiger partial charge in [-0.3, -0.25) is 0 Å². The predicted molar refractivity (Wildman–Crippen MR) is 378 cm³/mol. The summed E-state index contributed by atoms with van der Waals surface area (Å²) in [5.41, 5.74) is 7.21. The standard InChI is InChI=1S/C18H15N3O3S.C17H14N4O3S.C17H12N2O4S.C16H11N3O4S/c1-21-8-7-11-9-12(17(22)24-16(11)21)14-10-25-18(20-14)19-13-5-3-4-6-15(13)23-2;1-21-9-18-12-7-10(16(22)24-15(12)21)13-8-25-17(20-13)19-11-5-3-4-6-14(11)23-2;1-21-14-5-3-2-4-12(14)18-17-19-13(9-24-17)11-8-10-6-7-22-16(10)23-15(11)20;1-21-13-5-3-2-4-10(13)18-16-19-12(7-24-16)9-6-11-15(22-8-17-11)23-14(9)20/h3-10H,1-2H3,(H,19,20);3-9H,1-2H3,(H,19,20);2-9H,1H3,(H,18,19);2-8H,1H3,(H,18,19). The molecule has 0 fully saturated rings. The van der Waals surface area contributed by atoms with Crippen LogP contribution in [-0.2, 0) is 14.1 Å². The number of thiazole rings is 4. The van der Waals surface area contributed by atoms with Gasteiger partial charge in [0.1, 0.15) is 34.0 Å². The Hall–Kier alpha value is -12.4. The number of para-hydroxylation sites is 8. The van der Waals surface area contributed by atoms with Gasteiger partial charge in [-0.05, 0) is 84.9 Å². The number of oxazole rings is 1. The molecule has 492 valence electrons. The fourth-order valence-corrected chi connectivity index (χ4v) is 12.6. The van der Waals surface area contributed by atoms with Crippen LogP contribution in [0.2, 0.25) is 0 Å². The van der Waals surface area contributed by atoms with E-state index < -0.39 is 22.5 Å². The molecule has 0 amide bonds. The van der Waals surface area contributed by atoms with Crippen molar-refractivity contribution in [2.75, 3.05) is 49.7 Å².